The van der Waals surface area contributed by atoms with Crippen molar-refractivity contribution in [2.75, 3.05) is 4.90 Å². The molecule has 306 valence electrons. The minimum atomic E-state index is -0.492. The number of nitrogens with zero attached hydrogens (tertiary/aromatic N) is 1. The van der Waals surface area contributed by atoms with E-state index in [-0.39, 0.29) is 5.41 Å². The lowest BCUT2D eigenvalue weighted by atomic mass is 9.68. The average molecular weight is 830 g/mol. The summed E-state index contributed by atoms with van der Waals surface area (Å²) >= 11 is 0. The van der Waals surface area contributed by atoms with Crippen LogP contribution in [0.5, 0.6) is 0 Å². The molecule has 0 N–H and O–H groups in total. The molecule has 0 fully saturated rings. The van der Waals surface area contributed by atoms with Crippen LogP contribution < -0.4 is 4.90 Å². The summed E-state index contributed by atoms with van der Waals surface area (Å²) in [6.07, 6.45) is 0. The molecule has 2 heteroatoms. The van der Waals surface area contributed by atoms with Crippen LogP contribution in [0.1, 0.15) is 45.9 Å². The van der Waals surface area contributed by atoms with Gasteiger partial charge in [-0.2, -0.15) is 0 Å². The highest BCUT2D eigenvalue weighted by atomic mass is 16.3. The molecule has 1 atom stereocenters. The summed E-state index contributed by atoms with van der Waals surface area (Å²) in [6, 6.07) is 89.2. The van der Waals surface area contributed by atoms with Gasteiger partial charge in [0.25, 0.3) is 0 Å². The first-order valence-corrected chi connectivity index (χ1v) is 22.6. The molecule has 0 aliphatic heterocycles. The average Bonchev–Trinajstić information content (AvgIpc) is 4.00. The predicted octanol–water partition coefficient (Wildman–Crippen LogP) is 16.4. The number of fused-ring (bicyclic) bond motifs is 9. The van der Waals surface area contributed by atoms with Crippen molar-refractivity contribution < 1.29 is 4.42 Å². The van der Waals surface area contributed by atoms with Crippen molar-refractivity contribution in [3.8, 4) is 33.4 Å². The van der Waals surface area contributed by atoms with Gasteiger partial charge in [0.2, 0.25) is 0 Å². The van der Waals surface area contributed by atoms with E-state index in [0.717, 1.165) is 50.1 Å². The second-order valence-electron chi connectivity index (χ2n) is 17.7. The van der Waals surface area contributed by atoms with Crippen LogP contribution in [0.15, 0.2) is 247 Å². The summed E-state index contributed by atoms with van der Waals surface area (Å²) < 4.78 is 6.41. The van der Waals surface area contributed by atoms with Crippen molar-refractivity contribution >= 4 is 39.0 Å². The Bertz CT molecular complexity index is 3580. The van der Waals surface area contributed by atoms with Crippen LogP contribution >= 0.6 is 0 Å². The molecule has 0 bridgehead atoms. The van der Waals surface area contributed by atoms with Gasteiger partial charge in [-0.3, -0.25) is 0 Å². The van der Waals surface area contributed by atoms with Gasteiger partial charge in [0, 0.05) is 33.1 Å². The molecule has 1 unspecified atom stereocenters. The molecular weight excluding hydrogens is 787 g/mol. The van der Waals surface area contributed by atoms with Crippen LogP contribution in [0.2, 0.25) is 0 Å². The van der Waals surface area contributed by atoms with Gasteiger partial charge in [-0.15, -0.1) is 0 Å². The van der Waals surface area contributed by atoms with Gasteiger partial charge in [0.05, 0.1) is 11.1 Å². The maximum Gasteiger partial charge on any atom is 0.136 e. The normalized spacial score (nSPS) is 15.3. The number of para-hydroxylation sites is 1. The number of rotatable bonds is 7. The maximum atomic E-state index is 6.41. The van der Waals surface area contributed by atoms with E-state index < -0.39 is 5.41 Å². The Balaban J connectivity index is 1.09. The minimum absolute atomic E-state index is 0.351. The van der Waals surface area contributed by atoms with Crippen molar-refractivity contribution in [3.63, 3.8) is 0 Å². The molecule has 10 aromatic carbocycles. The molecule has 2 nitrogen and oxygen atoms in total. The zero-order valence-electron chi connectivity index (χ0n) is 35.9. The van der Waals surface area contributed by atoms with E-state index in [4.69, 9.17) is 4.42 Å². The number of furan rings is 1. The lowest BCUT2D eigenvalue weighted by Gasteiger charge is -2.34. The van der Waals surface area contributed by atoms with Gasteiger partial charge < -0.3 is 9.32 Å². The maximum absolute atomic E-state index is 6.41. The second kappa shape index (κ2) is 14.4. The topological polar surface area (TPSA) is 16.4 Å². The summed E-state index contributed by atoms with van der Waals surface area (Å²) in [5.74, 6) is 0. The van der Waals surface area contributed by atoms with Crippen molar-refractivity contribution in [1.82, 2.24) is 0 Å². The summed E-state index contributed by atoms with van der Waals surface area (Å²) in [5, 5.41) is 2.25. The van der Waals surface area contributed by atoms with Gasteiger partial charge in [-0.25, -0.2) is 0 Å². The molecule has 0 radical (unpaired) electrons. The predicted molar refractivity (Wildman–Crippen MR) is 269 cm³/mol. The monoisotopic (exact) mass is 829 g/mol. The fourth-order valence-electron chi connectivity index (χ4n) is 11.6. The van der Waals surface area contributed by atoms with Crippen LogP contribution in [0, 0.1) is 0 Å². The summed E-state index contributed by atoms with van der Waals surface area (Å²) in [5.41, 5.74) is 20.6. The molecule has 2 aliphatic carbocycles. The van der Waals surface area contributed by atoms with E-state index in [9.17, 15) is 0 Å². The quantitative estimate of drug-likeness (QED) is 0.159. The fraction of sp³-hybridized carbons (Fsp3) is 0.0476. The van der Waals surface area contributed by atoms with Crippen molar-refractivity contribution in [2.45, 2.75) is 17.8 Å². The lowest BCUT2D eigenvalue weighted by molar-refractivity contribution is 0.669. The Hall–Kier alpha value is -8.20. The van der Waals surface area contributed by atoms with E-state index >= 15 is 0 Å². The van der Waals surface area contributed by atoms with E-state index in [1.807, 2.05) is 6.07 Å². The zero-order valence-corrected chi connectivity index (χ0v) is 35.9. The molecule has 13 rings (SSSR count). The Morgan fingerprint density at radius 2 is 0.923 bits per heavy atom. The highest BCUT2D eigenvalue weighted by Gasteiger charge is 2.47. The molecule has 0 amide bonds. The Kier molecular flexibility index (Phi) is 8.29. The van der Waals surface area contributed by atoms with Crippen LogP contribution in [0.25, 0.3) is 55.3 Å². The summed E-state index contributed by atoms with van der Waals surface area (Å²) in [6.45, 7) is 2.40. The summed E-state index contributed by atoms with van der Waals surface area (Å²) in [4.78, 5) is 2.51. The van der Waals surface area contributed by atoms with Crippen LogP contribution in [-0.2, 0) is 10.8 Å². The minimum Gasteiger partial charge on any atom is -0.456 e. The summed E-state index contributed by atoms with van der Waals surface area (Å²) in [7, 11) is 0. The van der Waals surface area contributed by atoms with E-state index in [2.05, 4.69) is 248 Å². The van der Waals surface area contributed by atoms with Gasteiger partial charge in [0.1, 0.15) is 11.2 Å². The third-order valence-corrected chi connectivity index (χ3v) is 14.4. The molecule has 0 saturated heterocycles. The first-order chi connectivity index (χ1) is 32.1. The standard InChI is InChI=1S/C63H43NO/c1-62(43-21-5-2-6-22-43)53-32-14-12-29-50(53)61-56(62)34-19-35-57(61)64(46-27-17-20-42(40-46)48-31-18-37-59-60(48)51-30-13-16-36-58(51)65-59)47-38-39-55-52(41-47)49-28-11-15-33-54(49)63(55,44-23-7-3-8-24-44)45-25-9-4-10-26-45/h2-41H,1H3. The van der Waals surface area contributed by atoms with Crippen molar-refractivity contribution in [1.29, 1.82) is 0 Å². The zero-order chi connectivity index (χ0) is 43.1. The highest BCUT2D eigenvalue weighted by molar-refractivity contribution is 6.12. The second-order valence-corrected chi connectivity index (χ2v) is 17.7. The van der Waals surface area contributed by atoms with Gasteiger partial charge in [0.15, 0.2) is 0 Å². The van der Waals surface area contributed by atoms with Gasteiger partial charge >= 0.3 is 0 Å². The number of hydrogen-bond acceptors (Lipinski definition) is 2. The molecular formula is C63H43NO. The highest BCUT2D eigenvalue weighted by Crippen LogP contribution is 2.59. The first kappa shape index (κ1) is 37.4. The first-order valence-electron chi connectivity index (χ1n) is 22.6. The van der Waals surface area contributed by atoms with Gasteiger partial charge in [-0.05, 0) is 116 Å². The fourth-order valence-corrected chi connectivity index (χ4v) is 11.6. The third-order valence-electron chi connectivity index (χ3n) is 14.4. The van der Waals surface area contributed by atoms with E-state index in [0.29, 0.717) is 0 Å². The van der Waals surface area contributed by atoms with Gasteiger partial charge in [-0.1, -0.05) is 200 Å². The molecule has 1 aromatic heterocycles. The molecule has 0 saturated carbocycles. The SMILES string of the molecule is CC1(c2ccccc2)c2ccccc2-c2c(N(c3cccc(-c4cccc5oc6ccccc6c45)c3)c3ccc4c(c3)-c3ccccc3C4(c3ccccc3)c3ccccc3)cccc21. The molecule has 65 heavy (non-hydrogen) atoms. The number of benzene rings is 10. The van der Waals surface area contributed by atoms with Crippen molar-refractivity contribution in [3.05, 3.63) is 282 Å². The van der Waals surface area contributed by atoms with E-state index in [1.54, 1.807) is 0 Å². The molecule has 11 aromatic rings. The smallest absolute Gasteiger partial charge is 0.136 e. The van der Waals surface area contributed by atoms with Crippen LogP contribution in [-0.4, -0.2) is 0 Å². The van der Waals surface area contributed by atoms with Crippen LogP contribution in [0.4, 0.5) is 17.1 Å². The largest absolute Gasteiger partial charge is 0.456 e. The Morgan fingerprint density at radius 1 is 0.369 bits per heavy atom. The third kappa shape index (κ3) is 5.35. The van der Waals surface area contributed by atoms with Crippen LogP contribution in [0.3, 0.4) is 0 Å². The van der Waals surface area contributed by atoms with Crippen molar-refractivity contribution in [2.24, 2.45) is 0 Å². The molecule has 0 spiro atoms. The molecule has 2 aliphatic rings. The number of hydrogen-bond donors (Lipinski definition) is 0. The number of anilines is 3. The van der Waals surface area contributed by atoms with E-state index in [1.165, 1.54) is 61.2 Å². The molecule has 1 heterocycles. The lowest BCUT2D eigenvalue weighted by Crippen LogP contribution is -2.28. The Morgan fingerprint density at radius 3 is 1.69 bits per heavy atom. The Labute approximate surface area is 379 Å².